The molecule has 0 N–H and O–H groups in total. The van der Waals surface area contributed by atoms with Crippen molar-refractivity contribution in [1.29, 1.82) is 0 Å². The zero-order valence-electron chi connectivity index (χ0n) is 12.6. The zero-order valence-corrected chi connectivity index (χ0v) is 14.2. The van der Waals surface area contributed by atoms with Gasteiger partial charge in [0.05, 0.1) is 17.6 Å². The molecule has 0 aliphatic heterocycles. The number of hydrogen-bond acceptors (Lipinski definition) is 4. The molecule has 0 saturated carbocycles. The standard InChI is InChI=1S/C16H12ClN3O3S/c1-10-18-14-7-6-11(16(21)19-24(22)23)8-15(14)20(10)9-12-4-2-3-5-13(12)17/h2-8H,9H2,1H3. The highest BCUT2D eigenvalue weighted by Crippen LogP contribution is 2.22. The van der Waals surface area contributed by atoms with Gasteiger partial charge in [0.25, 0.3) is 5.91 Å². The third kappa shape index (κ3) is 3.22. The van der Waals surface area contributed by atoms with Gasteiger partial charge in [0.2, 0.25) is 0 Å². The highest BCUT2D eigenvalue weighted by Gasteiger charge is 2.13. The quantitative estimate of drug-likeness (QED) is 0.717. The van der Waals surface area contributed by atoms with E-state index in [2.05, 4.69) is 9.35 Å². The fourth-order valence-electron chi connectivity index (χ4n) is 2.49. The molecule has 0 aliphatic rings. The number of aromatic nitrogens is 2. The Morgan fingerprint density at radius 1 is 1.25 bits per heavy atom. The number of halogens is 1. The van der Waals surface area contributed by atoms with Crippen molar-refractivity contribution < 1.29 is 13.2 Å². The summed E-state index contributed by atoms with van der Waals surface area (Å²) in [6, 6.07) is 12.2. The van der Waals surface area contributed by atoms with E-state index < -0.39 is 16.4 Å². The van der Waals surface area contributed by atoms with E-state index >= 15 is 0 Å². The Labute approximate surface area is 144 Å². The average Bonchev–Trinajstić information content (AvgIpc) is 2.84. The molecule has 0 atom stereocenters. The second kappa shape index (κ2) is 6.54. The smallest absolute Gasteiger partial charge is 0.319 e. The topological polar surface area (TPSA) is 81.4 Å². The summed E-state index contributed by atoms with van der Waals surface area (Å²) in [5, 5.41) is 0.641. The third-order valence-corrected chi connectivity index (χ3v) is 4.31. The van der Waals surface area contributed by atoms with Crippen LogP contribution in [0.1, 0.15) is 21.7 Å². The van der Waals surface area contributed by atoms with Crippen LogP contribution in [0, 0.1) is 6.92 Å². The van der Waals surface area contributed by atoms with E-state index in [0.29, 0.717) is 22.6 Å². The number of rotatable bonds is 3. The van der Waals surface area contributed by atoms with Crippen LogP contribution >= 0.6 is 11.6 Å². The van der Waals surface area contributed by atoms with Gasteiger partial charge in [0.15, 0.2) is 0 Å². The van der Waals surface area contributed by atoms with Crippen molar-refractivity contribution in [3.8, 4) is 0 Å². The first-order valence-corrected chi connectivity index (χ1v) is 8.42. The number of carbonyl (C=O) groups excluding carboxylic acids is 1. The Hall–Kier alpha value is -2.51. The van der Waals surface area contributed by atoms with Gasteiger partial charge in [-0.05, 0) is 36.8 Å². The molecule has 0 bridgehead atoms. The zero-order chi connectivity index (χ0) is 17.3. The molecule has 1 heterocycles. The van der Waals surface area contributed by atoms with Crippen molar-refractivity contribution >= 4 is 39.0 Å². The van der Waals surface area contributed by atoms with Crippen molar-refractivity contribution in [1.82, 2.24) is 9.55 Å². The van der Waals surface area contributed by atoms with E-state index in [1.807, 2.05) is 35.8 Å². The van der Waals surface area contributed by atoms with Gasteiger partial charge >= 0.3 is 10.5 Å². The van der Waals surface area contributed by atoms with Gasteiger partial charge < -0.3 is 4.57 Å². The summed E-state index contributed by atoms with van der Waals surface area (Å²) in [4.78, 5) is 16.3. The minimum atomic E-state index is -2.78. The summed E-state index contributed by atoms with van der Waals surface area (Å²) in [6.07, 6.45) is 0. The Balaban J connectivity index is 2.11. The highest BCUT2D eigenvalue weighted by molar-refractivity contribution is 7.62. The van der Waals surface area contributed by atoms with E-state index in [0.717, 1.165) is 11.4 Å². The second-order valence-electron chi connectivity index (χ2n) is 5.15. The van der Waals surface area contributed by atoms with Crippen LogP contribution in [0.2, 0.25) is 5.02 Å². The monoisotopic (exact) mass is 361 g/mol. The van der Waals surface area contributed by atoms with Crippen LogP contribution in [0.4, 0.5) is 0 Å². The molecule has 3 aromatic rings. The molecule has 24 heavy (non-hydrogen) atoms. The summed E-state index contributed by atoms with van der Waals surface area (Å²) in [5.41, 5.74) is 2.53. The SMILES string of the molecule is Cc1nc2ccc(C(=O)N=S(=O)=O)cc2n1Cc1ccccc1Cl. The molecule has 2 aromatic carbocycles. The van der Waals surface area contributed by atoms with Gasteiger partial charge in [0, 0.05) is 10.6 Å². The van der Waals surface area contributed by atoms with Gasteiger partial charge in [-0.3, -0.25) is 4.79 Å². The lowest BCUT2D eigenvalue weighted by Gasteiger charge is -2.09. The highest BCUT2D eigenvalue weighted by atomic mass is 35.5. The molecule has 0 unspecified atom stereocenters. The van der Waals surface area contributed by atoms with Gasteiger partial charge in [-0.1, -0.05) is 34.2 Å². The number of benzene rings is 2. The van der Waals surface area contributed by atoms with Crippen LogP contribution < -0.4 is 0 Å². The molecule has 3 rings (SSSR count). The largest absolute Gasteiger partial charge is 0.324 e. The van der Waals surface area contributed by atoms with Crippen LogP contribution in [0.15, 0.2) is 46.8 Å². The number of aryl methyl sites for hydroxylation is 1. The maximum atomic E-state index is 11.8. The summed E-state index contributed by atoms with van der Waals surface area (Å²) in [7, 11) is -2.78. The fourth-order valence-corrected chi connectivity index (χ4v) is 2.93. The molecule has 1 aromatic heterocycles. The molecule has 0 spiro atoms. The third-order valence-electron chi connectivity index (χ3n) is 3.63. The van der Waals surface area contributed by atoms with Crippen LogP contribution in [0.25, 0.3) is 11.0 Å². The van der Waals surface area contributed by atoms with Gasteiger partial charge in [0.1, 0.15) is 5.82 Å². The molecular formula is C16H12ClN3O3S. The van der Waals surface area contributed by atoms with Crippen molar-refractivity contribution in [3.63, 3.8) is 0 Å². The van der Waals surface area contributed by atoms with Gasteiger partial charge in [-0.2, -0.15) is 8.42 Å². The van der Waals surface area contributed by atoms with E-state index in [1.54, 1.807) is 12.1 Å². The fraction of sp³-hybridized carbons (Fsp3) is 0.125. The molecule has 122 valence electrons. The minimum absolute atomic E-state index is 0.187. The molecule has 0 saturated heterocycles. The van der Waals surface area contributed by atoms with E-state index in [9.17, 15) is 13.2 Å². The molecular weight excluding hydrogens is 350 g/mol. The van der Waals surface area contributed by atoms with E-state index in [1.165, 1.54) is 6.07 Å². The summed E-state index contributed by atoms with van der Waals surface area (Å²) in [5.74, 6) is -0.0489. The number of hydrogen-bond donors (Lipinski definition) is 0. The molecule has 0 radical (unpaired) electrons. The number of amides is 1. The maximum absolute atomic E-state index is 11.8. The number of imidazole rings is 1. The first-order valence-electron chi connectivity index (χ1n) is 7.01. The number of nitrogens with zero attached hydrogens (tertiary/aromatic N) is 3. The first-order chi connectivity index (χ1) is 11.5. The molecule has 0 fully saturated rings. The van der Waals surface area contributed by atoms with Crippen LogP contribution in [0.5, 0.6) is 0 Å². The van der Waals surface area contributed by atoms with Crippen molar-refractivity contribution in [3.05, 3.63) is 64.4 Å². The van der Waals surface area contributed by atoms with Gasteiger partial charge in [-0.15, -0.1) is 0 Å². The Kier molecular flexibility index (Phi) is 4.46. The van der Waals surface area contributed by atoms with Crippen molar-refractivity contribution in [2.24, 2.45) is 4.36 Å². The summed E-state index contributed by atoms with van der Waals surface area (Å²) in [6.45, 7) is 2.35. The van der Waals surface area contributed by atoms with Crippen molar-refractivity contribution in [2.75, 3.05) is 0 Å². The lowest BCUT2D eigenvalue weighted by molar-refractivity contribution is 0.100. The minimum Gasteiger partial charge on any atom is -0.324 e. The number of fused-ring (bicyclic) bond motifs is 1. The van der Waals surface area contributed by atoms with Crippen LogP contribution in [0.3, 0.4) is 0 Å². The Morgan fingerprint density at radius 3 is 2.71 bits per heavy atom. The Morgan fingerprint density at radius 2 is 2.00 bits per heavy atom. The second-order valence-corrected chi connectivity index (χ2v) is 6.18. The normalized spacial score (nSPS) is 10.8. The molecule has 6 nitrogen and oxygen atoms in total. The van der Waals surface area contributed by atoms with E-state index in [4.69, 9.17) is 11.6 Å². The first kappa shape index (κ1) is 16.4. The van der Waals surface area contributed by atoms with E-state index in [-0.39, 0.29) is 5.56 Å². The maximum Gasteiger partial charge on any atom is 0.319 e. The van der Waals surface area contributed by atoms with Crippen LogP contribution in [-0.2, 0) is 17.0 Å². The molecule has 0 aliphatic carbocycles. The predicted octanol–water partition coefficient (Wildman–Crippen LogP) is 3.25. The summed E-state index contributed by atoms with van der Waals surface area (Å²) >= 11 is 6.21. The van der Waals surface area contributed by atoms with Crippen LogP contribution in [-0.4, -0.2) is 23.9 Å². The molecule has 8 heteroatoms. The lowest BCUT2D eigenvalue weighted by atomic mass is 10.2. The molecule has 1 amide bonds. The number of carbonyl (C=O) groups is 1. The predicted molar refractivity (Wildman–Crippen MR) is 90.7 cm³/mol. The summed E-state index contributed by atoms with van der Waals surface area (Å²) < 4.78 is 26.1. The lowest BCUT2D eigenvalue weighted by Crippen LogP contribution is -2.03. The van der Waals surface area contributed by atoms with Crippen molar-refractivity contribution in [2.45, 2.75) is 13.5 Å². The Bertz CT molecular complexity index is 1080. The van der Waals surface area contributed by atoms with Gasteiger partial charge in [-0.25, -0.2) is 4.98 Å². The average molecular weight is 362 g/mol.